The van der Waals surface area contributed by atoms with E-state index in [9.17, 15) is 0 Å². The second-order valence-corrected chi connectivity index (χ2v) is 4.83. The zero-order chi connectivity index (χ0) is 11.1. The van der Waals surface area contributed by atoms with Crippen LogP contribution in [0.15, 0.2) is 12.1 Å². The summed E-state index contributed by atoms with van der Waals surface area (Å²) in [6.45, 7) is 5.90. The lowest BCUT2D eigenvalue weighted by atomic mass is 9.87. The van der Waals surface area contributed by atoms with Crippen LogP contribution >= 0.6 is 0 Å². The molecule has 86 valence electrons. The predicted molar refractivity (Wildman–Crippen MR) is 61.9 cm³/mol. The van der Waals surface area contributed by atoms with Gasteiger partial charge in [-0.3, -0.25) is 0 Å². The number of nitrogens with one attached hydrogen (secondary N) is 1. The summed E-state index contributed by atoms with van der Waals surface area (Å²) >= 11 is 0. The Balaban J connectivity index is 2.06. The van der Waals surface area contributed by atoms with Crippen LogP contribution in [0.25, 0.3) is 0 Å². The summed E-state index contributed by atoms with van der Waals surface area (Å²) in [5.41, 5.74) is 2.78. The van der Waals surface area contributed by atoms with Gasteiger partial charge in [0.05, 0.1) is 0 Å². The van der Waals surface area contributed by atoms with Gasteiger partial charge in [-0.15, -0.1) is 0 Å². The fraction of sp³-hybridized carbons (Fsp3) is 0.538. The van der Waals surface area contributed by atoms with E-state index >= 15 is 0 Å². The number of rotatable bonds is 1. The third kappa shape index (κ3) is 1.47. The minimum Gasteiger partial charge on any atom is -0.454 e. The van der Waals surface area contributed by atoms with E-state index in [1.54, 1.807) is 0 Å². The molecule has 0 saturated heterocycles. The second-order valence-electron chi connectivity index (χ2n) is 4.83. The van der Waals surface area contributed by atoms with Crippen molar-refractivity contribution in [3.63, 3.8) is 0 Å². The molecule has 2 heterocycles. The molecule has 0 spiro atoms. The zero-order valence-corrected chi connectivity index (χ0v) is 9.75. The Bertz CT molecular complexity index is 415. The number of benzene rings is 1. The molecule has 0 fully saturated rings. The molecule has 0 aliphatic carbocycles. The molecule has 2 aliphatic rings. The van der Waals surface area contributed by atoms with E-state index < -0.39 is 0 Å². The van der Waals surface area contributed by atoms with Gasteiger partial charge in [0.1, 0.15) is 0 Å². The van der Waals surface area contributed by atoms with Gasteiger partial charge in [0.15, 0.2) is 11.5 Å². The van der Waals surface area contributed by atoms with Crippen LogP contribution in [0.1, 0.15) is 31.0 Å². The molecule has 2 aliphatic heterocycles. The van der Waals surface area contributed by atoms with Crippen molar-refractivity contribution in [2.24, 2.45) is 5.92 Å². The van der Waals surface area contributed by atoms with E-state index in [2.05, 4.69) is 31.3 Å². The molecule has 1 aromatic carbocycles. The Morgan fingerprint density at radius 2 is 2.00 bits per heavy atom. The van der Waals surface area contributed by atoms with Crippen LogP contribution in [0.3, 0.4) is 0 Å². The lowest BCUT2D eigenvalue weighted by Gasteiger charge is -2.30. The van der Waals surface area contributed by atoms with E-state index in [4.69, 9.17) is 9.47 Å². The predicted octanol–water partition coefficient (Wildman–Crippen LogP) is 2.26. The highest BCUT2D eigenvalue weighted by atomic mass is 16.7. The molecule has 1 aromatic rings. The molecule has 1 N–H and O–H groups in total. The molecule has 1 atom stereocenters. The van der Waals surface area contributed by atoms with E-state index in [0.717, 1.165) is 24.5 Å². The fourth-order valence-corrected chi connectivity index (χ4v) is 2.57. The molecule has 0 amide bonds. The van der Waals surface area contributed by atoms with Gasteiger partial charge in [0, 0.05) is 6.04 Å². The minimum absolute atomic E-state index is 0.359. The summed E-state index contributed by atoms with van der Waals surface area (Å²) in [6.07, 6.45) is 1.08. The standard InChI is InChI=1S/C13H17NO2/c1-8(2)13-10-6-12-11(15-7-16-12)5-9(10)3-4-14-13/h5-6,8,13-14H,3-4,7H2,1-2H3. The van der Waals surface area contributed by atoms with Crippen molar-refractivity contribution in [3.8, 4) is 11.5 Å². The Morgan fingerprint density at radius 1 is 1.25 bits per heavy atom. The van der Waals surface area contributed by atoms with Gasteiger partial charge in [-0.05, 0) is 42.1 Å². The SMILES string of the molecule is CC(C)C1NCCc2cc3c(cc21)OCO3. The quantitative estimate of drug-likeness (QED) is 0.786. The first-order valence-corrected chi connectivity index (χ1v) is 5.91. The number of fused-ring (bicyclic) bond motifs is 2. The van der Waals surface area contributed by atoms with Crippen LogP contribution < -0.4 is 14.8 Å². The van der Waals surface area contributed by atoms with Crippen molar-refractivity contribution >= 4 is 0 Å². The third-order valence-corrected chi connectivity index (χ3v) is 3.39. The van der Waals surface area contributed by atoms with Gasteiger partial charge in [-0.1, -0.05) is 13.8 Å². The maximum atomic E-state index is 5.44. The maximum Gasteiger partial charge on any atom is 0.231 e. The Hall–Kier alpha value is -1.22. The molecule has 16 heavy (non-hydrogen) atoms. The minimum atomic E-state index is 0.359. The Morgan fingerprint density at radius 3 is 2.75 bits per heavy atom. The molecule has 0 saturated carbocycles. The first kappa shape index (κ1) is 9.97. The molecule has 0 bridgehead atoms. The average Bonchev–Trinajstić information content (AvgIpc) is 2.71. The Labute approximate surface area is 95.8 Å². The monoisotopic (exact) mass is 219 g/mol. The lowest BCUT2D eigenvalue weighted by molar-refractivity contribution is 0.174. The largest absolute Gasteiger partial charge is 0.454 e. The zero-order valence-electron chi connectivity index (χ0n) is 9.75. The van der Waals surface area contributed by atoms with Gasteiger partial charge in [-0.25, -0.2) is 0 Å². The molecule has 0 radical (unpaired) electrons. The molecule has 3 nitrogen and oxygen atoms in total. The molecular formula is C13H17NO2. The normalized spacial score (nSPS) is 22.3. The van der Waals surface area contributed by atoms with Crippen LogP contribution in [-0.4, -0.2) is 13.3 Å². The molecular weight excluding hydrogens is 202 g/mol. The molecule has 3 rings (SSSR count). The highest BCUT2D eigenvalue weighted by Gasteiger charge is 2.26. The maximum absolute atomic E-state index is 5.44. The second kappa shape index (κ2) is 3.67. The molecule has 1 unspecified atom stereocenters. The summed E-state index contributed by atoms with van der Waals surface area (Å²) in [6, 6.07) is 4.74. The molecule has 0 aromatic heterocycles. The van der Waals surface area contributed by atoms with E-state index in [1.165, 1.54) is 11.1 Å². The van der Waals surface area contributed by atoms with Crippen molar-refractivity contribution in [1.29, 1.82) is 0 Å². The van der Waals surface area contributed by atoms with Crippen LogP contribution in [0, 0.1) is 5.92 Å². The third-order valence-electron chi connectivity index (χ3n) is 3.39. The van der Waals surface area contributed by atoms with Crippen molar-refractivity contribution in [2.75, 3.05) is 13.3 Å². The Kier molecular flexibility index (Phi) is 2.28. The first-order chi connectivity index (χ1) is 7.75. The van der Waals surface area contributed by atoms with Crippen molar-refractivity contribution in [1.82, 2.24) is 5.32 Å². The van der Waals surface area contributed by atoms with Gasteiger partial charge in [0.25, 0.3) is 0 Å². The van der Waals surface area contributed by atoms with Gasteiger partial charge < -0.3 is 14.8 Å². The summed E-state index contributed by atoms with van der Waals surface area (Å²) in [5, 5.41) is 3.57. The first-order valence-electron chi connectivity index (χ1n) is 5.91. The summed E-state index contributed by atoms with van der Waals surface area (Å²) in [5.74, 6) is 2.40. The average molecular weight is 219 g/mol. The van der Waals surface area contributed by atoms with E-state index in [1.807, 2.05) is 0 Å². The van der Waals surface area contributed by atoms with Crippen molar-refractivity contribution in [3.05, 3.63) is 23.3 Å². The number of hydrogen-bond donors (Lipinski definition) is 1. The van der Waals surface area contributed by atoms with Crippen molar-refractivity contribution in [2.45, 2.75) is 26.3 Å². The smallest absolute Gasteiger partial charge is 0.231 e. The fourth-order valence-electron chi connectivity index (χ4n) is 2.57. The van der Waals surface area contributed by atoms with Crippen LogP contribution in [-0.2, 0) is 6.42 Å². The van der Waals surface area contributed by atoms with E-state index in [-0.39, 0.29) is 0 Å². The summed E-state index contributed by atoms with van der Waals surface area (Å²) in [7, 11) is 0. The van der Waals surface area contributed by atoms with E-state index in [0.29, 0.717) is 18.8 Å². The highest BCUT2D eigenvalue weighted by Crippen LogP contribution is 2.39. The van der Waals surface area contributed by atoms with Gasteiger partial charge in [-0.2, -0.15) is 0 Å². The van der Waals surface area contributed by atoms with Gasteiger partial charge >= 0.3 is 0 Å². The number of hydrogen-bond acceptors (Lipinski definition) is 3. The lowest BCUT2D eigenvalue weighted by Crippen LogP contribution is -2.32. The van der Waals surface area contributed by atoms with Crippen LogP contribution in [0.2, 0.25) is 0 Å². The summed E-state index contributed by atoms with van der Waals surface area (Å²) in [4.78, 5) is 0. The van der Waals surface area contributed by atoms with Crippen LogP contribution in [0.5, 0.6) is 11.5 Å². The number of ether oxygens (including phenoxy) is 2. The summed E-state index contributed by atoms with van der Waals surface area (Å²) < 4.78 is 10.9. The van der Waals surface area contributed by atoms with Crippen LogP contribution in [0.4, 0.5) is 0 Å². The van der Waals surface area contributed by atoms with Gasteiger partial charge in [0.2, 0.25) is 6.79 Å². The topological polar surface area (TPSA) is 30.5 Å². The molecule has 3 heteroatoms. The van der Waals surface area contributed by atoms with Crippen molar-refractivity contribution < 1.29 is 9.47 Å². The highest BCUT2D eigenvalue weighted by molar-refractivity contribution is 5.50.